The average Bonchev–Trinajstić information content (AvgIpc) is 3.44. The van der Waals surface area contributed by atoms with Gasteiger partial charge in [-0.2, -0.15) is 15.3 Å². The van der Waals surface area contributed by atoms with Crippen molar-refractivity contribution in [3.8, 4) is 0 Å². The summed E-state index contributed by atoms with van der Waals surface area (Å²) in [4.78, 5) is 17.8. The number of hydrogen-bond acceptors (Lipinski definition) is 6. The SMILES string of the molecule is Cn1ccc(Cn2ncc3c4sc(CCc5cc[nH]n5)nc4n(C)c3c2=O)n1. The van der Waals surface area contributed by atoms with Crippen molar-refractivity contribution in [2.75, 3.05) is 0 Å². The summed E-state index contributed by atoms with van der Waals surface area (Å²) in [6.45, 7) is 0.344. The molecule has 0 saturated carbocycles. The van der Waals surface area contributed by atoms with E-state index < -0.39 is 0 Å². The third-order valence-corrected chi connectivity index (χ3v) is 5.94. The predicted octanol–water partition coefficient (Wildman–Crippen LogP) is 1.63. The molecule has 0 atom stereocenters. The molecule has 5 rings (SSSR count). The second-order valence-electron chi connectivity index (χ2n) is 6.74. The molecule has 0 aliphatic carbocycles. The first-order valence-corrected chi connectivity index (χ1v) is 9.73. The van der Waals surface area contributed by atoms with E-state index in [1.165, 1.54) is 4.68 Å². The molecular weight excluding hydrogens is 376 g/mol. The van der Waals surface area contributed by atoms with Crippen LogP contribution in [0.1, 0.15) is 16.4 Å². The summed E-state index contributed by atoms with van der Waals surface area (Å²) in [6, 6.07) is 3.85. The second-order valence-corrected chi connectivity index (χ2v) is 7.82. The molecule has 0 unspecified atom stereocenters. The van der Waals surface area contributed by atoms with E-state index in [9.17, 15) is 4.79 Å². The molecule has 5 aromatic rings. The van der Waals surface area contributed by atoms with E-state index in [2.05, 4.69) is 20.4 Å². The Labute approximate surface area is 163 Å². The van der Waals surface area contributed by atoms with Gasteiger partial charge in [0, 0.05) is 38.3 Å². The van der Waals surface area contributed by atoms with E-state index in [4.69, 9.17) is 4.98 Å². The molecule has 0 amide bonds. The lowest BCUT2D eigenvalue weighted by atomic mass is 10.2. The summed E-state index contributed by atoms with van der Waals surface area (Å²) >= 11 is 1.62. The number of aryl methyl sites for hydroxylation is 4. The Morgan fingerprint density at radius 1 is 1.18 bits per heavy atom. The Morgan fingerprint density at radius 2 is 2.07 bits per heavy atom. The Hall–Kier alpha value is -3.27. The van der Waals surface area contributed by atoms with Crippen molar-refractivity contribution < 1.29 is 0 Å². The molecule has 142 valence electrons. The molecule has 0 bridgehead atoms. The van der Waals surface area contributed by atoms with Crippen LogP contribution in [0.25, 0.3) is 21.3 Å². The number of thiazole rings is 1. The van der Waals surface area contributed by atoms with E-state index in [0.29, 0.717) is 12.1 Å². The van der Waals surface area contributed by atoms with Crippen molar-refractivity contribution in [2.45, 2.75) is 19.4 Å². The minimum Gasteiger partial charge on any atom is -0.323 e. The van der Waals surface area contributed by atoms with Crippen LogP contribution >= 0.6 is 11.3 Å². The van der Waals surface area contributed by atoms with Crippen LogP contribution in [0.2, 0.25) is 0 Å². The van der Waals surface area contributed by atoms with Crippen LogP contribution in [0.4, 0.5) is 0 Å². The summed E-state index contributed by atoms with van der Waals surface area (Å²) in [5, 5.41) is 17.6. The largest absolute Gasteiger partial charge is 0.323 e. The summed E-state index contributed by atoms with van der Waals surface area (Å²) in [6.07, 6.45) is 7.08. The molecule has 0 aromatic carbocycles. The monoisotopic (exact) mass is 394 g/mol. The number of nitrogens with zero attached hydrogens (tertiary/aromatic N) is 7. The number of aromatic nitrogens is 8. The van der Waals surface area contributed by atoms with Crippen molar-refractivity contribution in [2.24, 2.45) is 14.1 Å². The Balaban J connectivity index is 1.52. The van der Waals surface area contributed by atoms with Crippen molar-refractivity contribution in [1.82, 2.24) is 39.3 Å². The zero-order chi connectivity index (χ0) is 19.3. The molecular formula is C18H18N8OS. The molecule has 28 heavy (non-hydrogen) atoms. The van der Waals surface area contributed by atoms with Crippen LogP contribution in [0.3, 0.4) is 0 Å². The first-order valence-electron chi connectivity index (χ1n) is 8.91. The number of hydrogen-bond donors (Lipinski definition) is 1. The first-order chi connectivity index (χ1) is 13.6. The molecule has 0 aliphatic rings. The lowest BCUT2D eigenvalue weighted by molar-refractivity contribution is 0.619. The quantitative estimate of drug-likeness (QED) is 0.488. The van der Waals surface area contributed by atoms with Gasteiger partial charge in [-0.1, -0.05) is 0 Å². The number of nitrogens with one attached hydrogen (secondary N) is 1. The maximum atomic E-state index is 13.0. The fourth-order valence-electron chi connectivity index (χ4n) is 3.42. The standard InChI is InChI=1S/C18H18N8OS/c1-24-8-6-12(23-24)10-26-18(27)15-13(9-20-26)16-17(25(15)2)21-14(28-16)4-3-11-5-7-19-22-11/h5-9H,3-4,10H2,1-2H3,(H,19,22). The number of aromatic amines is 1. The first kappa shape index (κ1) is 16.9. The summed E-state index contributed by atoms with van der Waals surface area (Å²) in [5.41, 5.74) is 3.13. The van der Waals surface area contributed by atoms with Crippen LogP contribution in [0.5, 0.6) is 0 Å². The highest BCUT2D eigenvalue weighted by Crippen LogP contribution is 2.31. The van der Waals surface area contributed by atoms with Gasteiger partial charge in [0.05, 0.1) is 33.8 Å². The van der Waals surface area contributed by atoms with E-state index in [1.54, 1.807) is 22.2 Å². The van der Waals surface area contributed by atoms with Crippen molar-refractivity contribution in [3.63, 3.8) is 0 Å². The molecule has 0 spiro atoms. The van der Waals surface area contributed by atoms with Crippen LogP contribution in [0.15, 0.2) is 35.5 Å². The molecule has 10 heteroatoms. The third kappa shape index (κ3) is 2.73. The maximum Gasteiger partial charge on any atom is 0.291 e. The van der Waals surface area contributed by atoms with Gasteiger partial charge in [-0.15, -0.1) is 11.3 Å². The Bertz CT molecular complexity index is 1340. The fraction of sp³-hybridized carbons (Fsp3) is 0.278. The minimum absolute atomic E-state index is 0.131. The van der Waals surface area contributed by atoms with Gasteiger partial charge in [0.1, 0.15) is 5.52 Å². The lowest BCUT2D eigenvalue weighted by Gasteiger charge is -2.03. The van der Waals surface area contributed by atoms with E-state index in [-0.39, 0.29) is 5.56 Å². The highest BCUT2D eigenvalue weighted by atomic mass is 32.1. The van der Waals surface area contributed by atoms with Gasteiger partial charge in [-0.3, -0.25) is 14.6 Å². The average molecular weight is 394 g/mol. The van der Waals surface area contributed by atoms with Crippen molar-refractivity contribution in [3.05, 3.63) is 57.5 Å². The van der Waals surface area contributed by atoms with Gasteiger partial charge in [-0.05, 0) is 18.6 Å². The molecule has 0 fully saturated rings. The van der Waals surface area contributed by atoms with Gasteiger partial charge in [0.15, 0.2) is 5.65 Å². The highest BCUT2D eigenvalue weighted by molar-refractivity contribution is 7.19. The molecule has 0 saturated heterocycles. The third-order valence-electron chi connectivity index (χ3n) is 4.80. The van der Waals surface area contributed by atoms with E-state index >= 15 is 0 Å². The van der Waals surface area contributed by atoms with Gasteiger partial charge < -0.3 is 4.57 Å². The van der Waals surface area contributed by atoms with Crippen LogP contribution in [-0.4, -0.2) is 39.3 Å². The maximum absolute atomic E-state index is 13.0. The fourth-order valence-corrected chi connectivity index (χ4v) is 4.52. The summed E-state index contributed by atoms with van der Waals surface area (Å²) < 4.78 is 6.04. The van der Waals surface area contributed by atoms with Gasteiger partial charge in [-0.25, -0.2) is 9.67 Å². The number of rotatable bonds is 5. The Morgan fingerprint density at radius 3 is 2.82 bits per heavy atom. The zero-order valence-electron chi connectivity index (χ0n) is 15.5. The molecule has 5 aromatic heterocycles. The van der Waals surface area contributed by atoms with Gasteiger partial charge in [0.2, 0.25) is 0 Å². The summed E-state index contributed by atoms with van der Waals surface area (Å²) in [5.74, 6) is 0. The zero-order valence-corrected chi connectivity index (χ0v) is 16.3. The van der Waals surface area contributed by atoms with Gasteiger partial charge >= 0.3 is 0 Å². The minimum atomic E-state index is -0.131. The number of H-pyrrole nitrogens is 1. The normalized spacial score (nSPS) is 11.8. The predicted molar refractivity (Wildman–Crippen MR) is 106 cm³/mol. The second kappa shape index (κ2) is 6.41. The van der Waals surface area contributed by atoms with E-state index in [0.717, 1.165) is 45.0 Å². The van der Waals surface area contributed by atoms with Gasteiger partial charge in [0.25, 0.3) is 5.56 Å². The summed E-state index contributed by atoms with van der Waals surface area (Å²) in [7, 11) is 3.73. The molecule has 0 aliphatic heterocycles. The van der Waals surface area contributed by atoms with Crippen molar-refractivity contribution >= 4 is 32.6 Å². The molecule has 5 heterocycles. The highest BCUT2D eigenvalue weighted by Gasteiger charge is 2.18. The molecule has 0 radical (unpaired) electrons. The van der Waals surface area contributed by atoms with Crippen molar-refractivity contribution in [1.29, 1.82) is 0 Å². The topological polar surface area (TPSA) is 99.2 Å². The van der Waals surface area contributed by atoms with E-state index in [1.807, 2.05) is 43.2 Å². The Kier molecular flexibility index (Phi) is 3.86. The van der Waals surface area contributed by atoms with Crippen LogP contribution in [0, 0.1) is 0 Å². The smallest absolute Gasteiger partial charge is 0.291 e. The lowest BCUT2D eigenvalue weighted by Crippen LogP contribution is -2.24. The number of fused-ring (bicyclic) bond motifs is 3. The van der Waals surface area contributed by atoms with Crippen LogP contribution in [-0.2, 0) is 33.5 Å². The van der Waals surface area contributed by atoms with Crippen LogP contribution < -0.4 is 5.56 Å². The molecule has 9 nitrogen and oxygen atoms in total. The molecule has 1 N–H and O–H groups in total.